The quantitative estimate of drug-likeness (QED) is 0.837. The summed E-state index contributed by atoms with van der Waals surface area (Å²) in [4.78, 5) is 13.8. The number of hydrogen-bond donors (Lipinski definition) is 0. The number of nitriles is 1. The molecule has 0 radical (unpaired) electrons. The summed E-state index contributed by atoms with van der Waals surface area (Å²) in [6.07, 6.45) is 3.63. The summed E-state index contributed by atoms with van der Waals surface area (Å²) >= 11 is 0. The van der Waals surface area contributed by atoms with Crippen LogP contribution in [0.2, 0.25) is 0 Å². The number of rotatable bonds is 3. The Bertz CT molecular complexity index is 487. The molecule has 1 atom stereocenters. The predicted molar refractivity (Wildman–Crippen MR) is 72.8 cm³/mol. The van der Waals surface area contributed by atoms with Gasteiger partial charge in [0.05, 0.1) is 24.2 Å². The molecule has 100 valence electrons. The van der Waals surface area contributed by atoms with Crippen LogP contribution in [-0.2, 0) is 9.53 Å². The van der Waals surface area contributed by atoms with E-state index in [4.69, 9.17) is 10.00 Å². The molecular weight excluding hydrogens is 240 g/mol. The first-order valence-electron chi connectivity index (χ1n) is 6.59. The third-order valence-electron chi connectivity index (χ3n) is 3.41. The van der Waals surface area contributed by atoms with Crippen molar-refractivity contribution in [3.63, 3.8) is 0 Å². The van der Waals surface area contributed by atoms with Gasteiger partial charge in [0.15, 0.2) is 0 Å². The Morgan fingerprint density at radius 3 is 3.05 bits per heavy atom. The van der Waals surface area contributed by atoms with Crippen LogP contribution < -0.4 is 4.90 Å². The highest BCUT2D eigenvalue weighted by atomic mass is 16.5. The molecule has 1 fully saturated rings. The van der Waals surface area contributed by atoms with Crippen molar-refractivity contribution in [3.05, 3.63) is 29.8 Å². The number of anilines is 1. The van der Waals surface area contributed by atoms with E-state index in [0.29, 0.717) is 12.0 Å². The third kappa shape index (κ3) is 3.55. The minimum Gasteiger partial charge on any atom is -0.378 e. The standard InChI is InChI=1S/C15H18N2O2/c1-17(13-6-4-5-12(9-13)11-16)15(18)10-14-7-2-3-8-19-14/h4-6,9,14H,2-3,7-8,10H2,1H3. The summed E-state index contributed by atoms with van der Waals surface area (Å²) in [5, 5.41) is 8.87. The number of nitrogens with zero attached hydrogens (tertiary/aromatic N) is 2. The van der Waals surface area contributed by atoms with Gasteiger partial charge in [0, 0.05) is 19.3 Å². The van der Waals surface area contributed by atoms with Crippen LogP contribution in [0.15, 0.2) is 24.3 Å². The van der Waals surface area contributed by atoms with E-state index >= 15 is 0 Å². The molecule has 1 amide bonds. The molecule has 1 heterocycles. The van der Waals surface area contributed by atoms with Gasteiger partial charge >= 0.3 is 0 Å². The molecule has 2 rings (SSSR count). The lowest BCUT2D eigenvalue weighted by Gasteiger charge is -2.25. The van der Waals surface area contributed by atoms with Crippen molar-refractivity contribution < 1.29 is 9.53 Å². The molecular formula is C15H18N2O2. The molecule has 0 spiro atoms. The molecule has 0 N–H and O–H groups in total. The lowest BCUT2D eigenvalue weighted by atomic mass is 10.1. The molecule has 1 unspecified atom stereocenters. The van der Waals surface area contributed by atoms with Crippen LogP contribution in [0.25, 0.3) is 0 Å². The lowest BCUT2D eigenvalue weighted by molar-refractivity contribution is -0.122. The van der Waals surface area contributed by atoms with Crippen molar-refractivity contribution in [1.29, 1.82) is 5.26 Å². The maximum atomic E-state index is 12.2. The van der Waals surface area contributed by atoms with Crippen molar-refractivity contribution >= 4 is 11.6 Å². The summed E-state index contributed by atoms with van der Waals surface area (Å²) in [6.45, 7) is 0.756. The minimum atomic E-state index is 0.0296. The van der Waals surface area contributed by atoms with Crippen LogP contribution in [-0.4, -0.2) is 25.7 Å². The molecule has 0 aliphatic carbocycles. The number of benzene rings is 1. The summed E-state index contributed by atoms with van der Waals surface area (Å²) in [5.41, 5.74) is 1.31. The van der Waals surface area contributed by atoms with Gasteiger partial charge in [-0.1, -0.05) is 6.07 Å². The predicted octanol–water partition coefficient (Wildman–Crippen LogP) is 2.48. The first-order chi connectivity index (χ1) is 9.20. The molecule has 1 aromatic carbocycles. The fraction of sp³-hybridized carbons (Fsp3) is 0.467. The monoisotopic (exact) mass is 258 g/mol. The van der Waals surface area contributed by atoms with Crippen LogP contribution in [0.4, 0.5) is 5.69 Å². The second kappa shape index (κ2) is 6.35. The molecule has 0 bridgehead atoms. The highest BCUT2D eigenvalue weighted by Gasteiger charge is 2.20. The van der Waals surface area contributed by atoms with Crippen molar-refractivity contribution in [3.8, 4) is 6.07 Å². The maximum absolute atomic E-state index is 12.2. The molecule has 1 saturated heterocycles. The largest absolute Gasteiger partial charge is 0.378 e. The minimum absolute atomic E-state index is 0.0296. The van der Waals surface area contributed by atoms with Gasteiger partial charge in [-0.15, -0.1) is 0 Å². The summed E-state index contributed by atoms with van der Waals surface area (Å²) in [7, 11) is 1.74. The van der Waals surface area contributed by atoms with Crippen LogP contribution >= 0.6 is 0 Å². The van der Waals surface area contributed by atoms with Gasteiger partial charge in [-0.2, -0.15) is 5.26 Å². The molecule has 0 saturated carbocycles. The van der Waals surface area contributed by atoms with Crippen LogP contribution in [0, 0.1) is 11.3 Å². The molecule has 1 aliphatic heterocycles. The van der Waals surface area contributed by atoms with Crippen molar-refractivity contribution in [1.82, 2.24) is 0 Å². The van der Waals surface area contributed by atoms with Crippen molar-refractivity contribution in [2.24, 2.45) is 0 Å². The number of ether oxygens (including phenoxy) is 1. The Labute approximate surface area is 113 Å². The average Bonchev–Trinajstić information content (AvgIpc) is 2.47. The molecule has 4 nitrogen and oxygen atoms in total. The molecule has 4 heteroatoms. The maximum Gasteiger partial charge on any atom is 0.229 e. The lowest BCUT2D eigenvalue weighted by Crippen LogP contribution is -2.32. The first kappa shape index (κ1) is 13.6. The fourth-order valence-corrected chi connectivity index (χ4v) is 2.23. The van der Waals surface area contributed by atoms with E-state index in [9.17, 15) is 4.79 Å². The average molecular weight is 258 g/mol. The topological polar surface area (TPSA) is 53.3 Å². The smallest absolute Gasteiger partial charge is 0.229 e. The van der Waals surface area contributed by atoms with E-state index in [-0.39, 0.29) is 12.0 Å². The van der Waals surface area contributed by atoms with E-state index in [0.717, 1.165) is 31.6 Å². The normalized spacial score (nSPS) is 18.6. The molecule has 1 aromatic rings. The Kier molecular flexibility index (Phi) is 4.53. The van der Waals surface area contributed by atoms with Gasteiger partial charge in [0.1, 0.15) is 0 Å². The van der Waals surface area contributed by atoms with E-state index in [1.165, 1.54) is 0 Å². The second-order valence-electron chi connectivity index (χ2n) is 4.81. The zero-order chi connectivity index (χ0) is 13.7. The van der Waals surface area contributed by atoms with Gasteiger partial charge in [0.2, 0.25) is 5.91 Å². The van der Waals surface area contributed by atoms with Crippen molar-refractivity contribution in [2.45, 2.75) is 31.8 Å². The van der Waals surface area contributed by atoms with Crippen LogP contribution in [0.3, 0.4) is 0 Å². The van der Waals surface area contributed by atoms with Crippen molar-refractivity contribution in [2.75, 3.05) is 18.6 Å². The summed E-state index contributed by atoms with van der Waals surface area (Å²) in [6, 6.07) is 9.15. The van der Waals surface area contributed by atoms with E-state index < -0.39 is 0 Å². The Morgan fingerprint density at radius 1 is 1.53 bits per heavy atom. The SMILES string of the molecule is CN(C(=O)CC1CCCCO1)c1cccc(C#N)c1. The molecule has 0 aromatic heterocycles. The highest BCUT2D eigenvalue weighted by molar-refractivity contribution is 5.93. The first-order valence-corrected chi connectivity index (χ1v) is 6.59. The second-order valence-corrected chi connectivity index (χ2v) is 4.81. The highest BCUT2D eigenvalue weighted by Crippen LogP contribution is 2.19. The Morgan fingerprint density at radius 2 is 2.37 bits per heavy atom. The van der Waals surface area contributed by atoms with E-state index in [1.54, 1.807) is 30.1 Å². The number of hydrogen-bond acceptors (Lipinski definition) is 3. The number of carbonyl (C=O) groups is 1. The van der Waals surface area contributed by atoms with E-state index in [2.05, 4.69) is 6.07 Å². The zero-order valence-electron chi connectivity index (χ0n) is 11.1. The fourth-order valence-electron chi connectivity index (χ4n) is 2.23. The third-order valence-corrected chi connectivity index (χ3v) is 3.41. The number of amides is 1. The number of carbonyl (C=O) groups excluding carboxylic acids is 1. The molecule has 1 aliphatic rings. The van der Waals surface area contributed by atoms with Gasteiger partial charge < -0.3 is 9.64 Å². The van der Waals surface area contributed by atoms with E-state index in [1.807, 2.05) is 6.07 Å². The van der Waals surface area contributed by atoms with Crippen LogP contribution in [0.5, 0.6) is 0 Å². The van der Waals surface area contributed by atoms with Gasteiger partial charge in [-0.3, -0.25) is 4.79 Å². The van der Waals surface area contributed by atoms with Crippen LogP contribution in [0.1, 0.15) is 31.2 Å². The van der Waals surface area contributed by atoms with Gasteiger partial charge in [0.25, 0.3) is 0 Å². The Balaban J connectivity index is 1.99. The zero-order valence-corrected chi connectivity index (χ0v) is 11.1. The summed E-state index contributed by atoms with van der Waals surface area (Å²) < 4.78 is 5.58. The Hall–Kier alpha value is -1.86. The molecule has 19 heavy (non-hydrogen) atoms. The summed E-state index contributed by atoms with van der Waals surface area (Å²) in [5.74, 6) is 0.0296. The van der Waals surface area contributed by atoms with Gasteiger partial charge in [-0.05, 0) is 37.5 Å². The van der Waals surface area contributed by atoms with Gasteiger partial charge in [-0.25, -0.2) is 0 Å².